The Morgan fingerprint density at radius 2 is 2.25 bits per heavy atom. The van der Waals surface area contributed by atoms with Crippen LogP contribution < -0.4 is 4.74 Å². The monoisotopic (exact) mass is 404 g/mol. The zero-order valence-corrected chi connectivity index (χ0v) is 15.1. The van der Waals surface area contributed by atoms with Crippen LogP contribution in [0.5, 0.6) is 5.75 Å². The van der Waals surface area contributed by atoms with Gasteiger partial charge < -0.3 is 9.47 Å². The van der Waals surface area contributed by atoms with Crippen LogP contribution in [0.2, 0.25) is 0 Å². The van der Waals surface area contributed by atoms with Crippen LogP contribution in [-0.4, -0.2) is 19.3 Å². The van der Waals surface area contributed by atoms with Crippen LogP contribution >= 0.6 is 31.9 Å². The van der Waals surface area contributed by atoms with E-state index in [1.807, 2.05) is 13.0 Å². The smallest absolute Gasteiger partial charge is 0.133 e. The second kappa shape index (κ2) is 8.40. The second-order valence-corrected chi connectivity index (χ2v) is 7.12. The molecule has 112 valence electrons. The molecule has 0 spiro atoms. The maximum absolute atomic E-state index is 5.79. The lowest BCUT2D eigenvalue weighted by molar-refractivity contribution is 0.0102. The van der Waals surface area contributed by atoms with Gasteiger partial charge in [0.05, 0.1) is 17.2 Å². The number of alkyl halides is 1. The van der Waals surface area contributed by atoms with E-state index in [-0.39, 0.29) is 0 Å². The highest BCUT2D eigenvalue weighted by Gasteiger charge is 2.17. The SMILES string of the molecule is CCOc1ccc(C(Br)CCC2CCCCO2)cc1Br. The molecule has 0 aromatic heterocycles. The first-order chi connectivity index (χ1) is 9.70. The Bertz CT molecular complexity index is 417. The third-order valence-electron chi connectivity index (χ3n) is 3.63. The van der Waals surface area contributed by atoms with E-state index in [1.165, 1.54) is 24.8 Å². The van der Waals surface area contributed by atoms with Crippen LogP contribution in [0.15, 0.2) is 22.7 Å². The molecule has 20 heavy (non-hydrogen) atoms. The molecule has 4 heteroatoms. The maximum Gasteiger partial charge on any atom is 0.133 e. The second-order valence-electron chi connectivity index (χ2n) is 5.16. The first-order valence-corrected chi connectivity index (χ1v) is 9.09. The number of hydrogen-bond donors (Lipinski definition) is 0. The van der Waals surface area contributed by atoms with Crippen molar-refractivity contribution >= 4 is 31.9 Å². The van der Waals surface area contributed by atoms with E-state index in [2.05, 4.69) is 44.0 Å². The minimum atomic E-state index is 0.375. The van der Waals surface area contributed by atoms with Crippen molar-refractivity contribution in [3.63, 3.8) is 0 Å². The molecule has 0 N–H and O–H groups in total. The number of hydrogen-bond acceptors (Lipinski definition) is 2. The van der Waals surface area contributed by atoms with Gasteiger partial charge in [-0.15, -0.1) is 0 Å². The standard InChI is InChI=1S/C16H22Br2O2/c1-2-19-16-9-6-12(11-15(16)18)14(17)8-7-13-5-3-4-10-20-13/h6,9,11,13-14H,2-5,7-8,10H2,1H3. The first-order valence-electron chi connectivity index (χ1n) is 7.38. The Kier molecular flexibility index (Phi) is 6.85. The Hall–Kier alpha value is -0.0600. The molecule has 1 aromatic carbocycles. The molecule has 0 saturated carbocycles. The summed E-state index contributed by atoms with van der Waals surface area (Å²) in [5, 5.41) is 0. The predicted molar refractivity (Wildman–Crippen MR) is 89.8 cm³/mol. The third kappa shape index (κ3) is 4.74. The van der Waals surface area contributed by atoms with Gasteiger partial charge in [0.2, 0.25) is 0 Å². The van der Waals surface area contributed by atoms with Crippen LogP contribution in [0.1, 0.15) is 49.4 Å². The summed E-state index contributed by atoms with van der Waals surface area (Å²) in [4.78, 5) is 0.375. The molecule has 2 atom stereocenters. The van der Waals surface area contributed by atoms with Gasteiger partial charge in [0.1, 0.15) is 5.75 Å². The van der Waals surface area contributed by atoms with Crippen molar-refractivity contribution < 1.29 is 9.47 Å². The summed E-state index contributed by atoms with van der Waals surface area (Å²) in [5.74, 6) is 0.909. The molecule has 1 heterocycles. The predicted octanol–water partition coefficient (Wildman–Crippen LogP) is 5.63. The normalized spacial score (nSPS) is 20.6. The van der Waals surface area contributed by atoms with E-state index in [0.717, 1.165) is 29.7 Å². The summed E-state index contributed by atoms with van der Waals surface area (Å²) < 4.78 is 12.4. The van der Waals surface area contributed by atoms with Crippen molar-refractivity contribution in [2.75, 3.05) is 13.2 Å². The van der Waals surface area contributed by atoms with Crippen molar-refractivity contribution in [3.8, 4) is 5.75 Å². The first kappa shape index (κ1) is 16.3. The molecule has 0 bridgehead atoms. The summed E-state index contributed by atoms with van der Waals surface area (Å²) in [7, 11) is 0. The van der Waals surface area contributed by atoms with Crippen molar-refractivity contribution in [2.24, 2.45) is 0 Å². The molecule has 1 aliphatic rings. The van der Waals surface area contributed by atoms with Gasteiger partial charge in [-0.3, -0.25) is 0 Å². The fourth-order valence-electron chi connectivity index (χ4n) is 2.52. The van der Waals surface area contributed by atoms with E-state index in [9.17, 15) is 0 Å². The lowest BCUT2D eigenvalue weighted by Gasteiger charge is -2.23. The van der Waals surface area contributed by atoms with E-state index in [4.69, 9.17) is 9.47 Å². The van der Waals surface area contributed by atoms with Crippen LogP contribution in [0.3, 0.4) is 0 Å². The summed E-state index contributed by atoms with van der Waals surface area (Å²) in [5.41, 5.74) is 1.29. The van der Waals surface area contributed by atoms with Gasteiger partial charge in [-0.25, -0.2) is 0 Å². The van der Waals surface area contributed by atoms with Crippen LogP contribution in [0.25, 0.3) is 0 Å². The molecule has 0 radical (unpaired) electrons. The third-order valence-corrected chi connectivity index (χ3v) is 5.24. The molecule has 2 unspecified atom stereocenters. The lowest BCUT2D eigenvalue weighted by Crippen LogP contribution is -2.19. The molecule has 1 aromatic rings. The number of benzene rings is 1. The average molecular weight is 406 g/mol. The Labute approximate surface area is 138 Å². The van der Waals surface area contributed by atoms with Crippen molar-refractivity contribution in [1.82, 2.24) is 0 Å². The lowest BCUT2D eigenvalue weighted by atomic mass is 10.0. The van der Waals surface area contributed by atoms with Gasteiger partial charge in [-0.2, -0.15) is 0 Å². The highest BCUT2D eigenvalue weighted by Crippen LogP contribution is 2.34. The summed E-state index contributed by atoms with van der Waals surface area (Å²) in [6, 6.07) is 6.32. The molecule has 1 aliphatic heterocycles. The molecule has 0 aliphatic carbocycles. The Morgan fingerprint density at radius 1 is 1.40 bits per heavy atom. The van der Waals surface area contributed by atoms with Gasteiger partial charge >= 0.3 is 0 Å². The molecule has 1 fully saturated rings. The molecular formula is C16H22Br2O2. The van der Waals surface area contributed by atoms with Crippen molar-refractivity contribution in [1.29, 1.82) is 0 Å². The Morgan fingerprint density at radius 3 is 2.90 bits per heavy atom. The quantitative estimate of drug-likeness (QED) is 0.570. The van der Waals surface area contributed by atoms with Crippen molar-refractivity contribution in [2.45, 2.75) is 50.0 Å². The number of rotatable bonds is 6. The van der Waals surface area contributed by atoms with E-state index in [0.29, 0.717) is 17.5 Å². The summed E-state index contributed by atoms with van der Waals surface area (Å²) in [6.45, 7) is 3.62. The average Bonchev–Trinajstić information content (AvgIpc) is 2.48. The molecular weight excluding hydrogens is 384 g/mol. The molecule has 2 rings (SSSR count). The molecule has 1 saturated heterocycles. The summed E-state index contributed by atoms with van der Waals surface area (Å²) >= 11 is 7.37. The van der Waals surface area contributed by atoms with Gasteiger partial charge in [0, 0.05) is 11.4 Å². The summed E-state index contributed by atoms with van der Waals surface area (Å²) in [6.07, 6.45) is 6.43. The van der Waals surface area contributed by atoms with E-state index < -0.39 is 0 Å². The zero-order valence-electron chi connectivity index (χ0n) is 11.9. The van der Waals surface area contributed by atoms with E-state index >= 15 is 0 Å². The Balaban J connectivity index is 1.88. The topological polar surface area (TPSA) is 18.5 Å². The molecule has 2 nitrogen and oxygen atoms in total. The maximum atomic E-state index is 5.79. The van der Waals surface area contributed by atoms with E-state index in [1.54, 1.807) is 0 Å². The van der Waals surface area contributed by atoms with Gasteiger partial charge in [0.15, 0.2) is 0 Å². The zero-order chi connectivity index (χ0) is 14.4. The van der Waals surface area contributed by atoms with Gasteiger partial charge in [0.25, 0.3) is 0 Å². The van der Waals surface area contributed by atoms with Crippen LogP contribution in [0.4, 0.5) is 0 Å². The van der Waals surface area contributed by atoms with Gasteiger partial charge in [-0.1, -0.05) is 22.0 Å². The number of halogens is 2. The number of ether oxygens (including phenoxy) is 2. The van der Waals surface area contributed by atoms with Crippen LogP contribution in [-0.2, 0) is 4.74 Å². The van der Waals surface area contributed by atoms with Crippen molar-refractivity contribution in [3.05, 3.63) is 28.2 Å². The fourth-order valence-corrected chi connectivity index (χ4v) is 3.58. The largest absolute Gasteiger partial charge is 0.493 e. The highest BCUT2D eigenvalue weighted by molar-refractivity contribution is 9.10. The molecule has 0 amide bonds. The van der Waals surface area contributed by atoms with Gasteiger partial charge in [-0.05, 0) is 72.7 Å². The van der Waals surface area contributed by atoms with Crippen LogP contribution in [0, 0.1) is 0 Å². The minimum Gasteiger partial charge on any atom is -0.493 e. The minimum absolute atomic E-state index is 0.375. The fraction of sp³-hybridized carbons (Fsp3) is 0.625. The highest BCUT2D eigenvalue weighted by atomic mass is 79.9.